The van der Waals surface area contributed by atoms with Crippen molar-refractivity contribution in [1.82, 2.24) is 4.98 Å². The van der Waals surface area contributed by atoms with Gasteiger partial charge in [-0.1, -0.05) is 50.7 Å². The van der Waals surface area contributed by atoms with Crippen molar-refractivity contribution in [2.24, 2.45) is 11.3 Å². The Balaban J connectivity index is 1.70. The van der Waals surface area contributed by atoms with E-state index < -0.39 is 0 Å². The van der Waals surface area contributed by atoms with Gasteiger partial charge in [-0.15, -0.1) is 11.3 Å². The first-order valence-corrected chi connectivity index (χ1v) is 13.0. The number of benzene rings is 1. The van der Waals surface area contributed by atoms with Crippen LogP contribution in [0.4, 0.5) is 0 Å². The van der Waals surface area contributed by atoms with E-state index >= 15 is 0 Å². The average Bonchev–Trinajstić information content (AvgIpc) is 3.35. The highest BCUT2D eigenvalue weighted by molar-refractivity contribution is 8.00. The Morgan fingerprint density at radius 1 is 1.30 bits per heavy atom. The fourth-order valence-corrected chi connectivity index (χ4v) is 6.09. The molecule has 6 heteroatoms. The molecule has 3 aromatic rings. The summed E-state index contributed by atoms with van der Waals surface area (Å²) in [7, 11) is 1.59. The molecule has 0 fully saturated rings. The first-order chi connectivity index (χ1) is 15.8. The van der Waals surface area contributed by atoms with Gasteiger partial charge in [-0.25, -0.2) is 4.98 Å². The number of thioether (sulfide) groups is 1. The number of aryl methyl sites for hydroxylation is 1. The lowest BCUT2D eigenvalue weighted by Crippen LogP contribution is -2.28. The van der Waals surface area contributed by atoms with E-state index in [4.69, 9.17) is 9.72 Å². The number of Topliss-reactive ketones (excluding diaryl/α,β-unsaturated/α-hetero) is 1. The third kappa shape index (κ3) is 5.00. The minimum absolute atomic E-state index is 0.00668. The molecular weight excluding hydrogens is 448 g/mol. The van der Waals surface area contributed by atoms with Gasteiger partial charge < -0.3 is 4.74 Å². The number of pyridine rings is 1. The molecule has 0 N–H and O–H groups in total. The smallest absolute Gasteiger partial charge is 0.173 e. The Bertz CT molecular complexity index is 1200. The summed E-state index contributed by atoms with van der Waals surface area (Å²) in [5.41, 5.74) is 4.70. The Hall–Kier alpha value is -2.62. The average molecular weight is 477 g/mol. The minimum Gasteiger partial charge on any atom is -0.497 e. The quantitative estimate of drug-likeness (QED) is 0.289. The minimum atomic E-state index is -0.00668. The molecule has 0 saturated heterocycles. The van der Waals surface area contributed by atoms with Crippen LogP contribution in [0.2, 0.25) is 0 Å². The maximum absolute atomic E-state index is 12.9. The van der Waals surface area contributed by atoms with Crippen LogP contribution >= 0.6 is 23.1 Å². The second kappa shape index (κ2) is 9.70. The molecule has 1 aliphatic rings. The molecule has 0 amide bonds. The number of aromatic nitrogens is 1. The van der Waals surface area contributed by atoms with Crippen LogP contribution in [0.1, 0.15) is 54.4 Å². The monoisotopic (exact) mass is 476 g/mol. The molecule has 2 aromatic heterocycles. The lowest BCUT2D eigenvalue weighted by molar-refractivity contribution is 0.102. The van der Waals surface area contributed by atoms with E-state index in [1.54, 1.807) is 30.6 Å². The van der Waals surface area contributed by atoms with Gasteiger partial charge in [0.15, 0.2) is 5.78 Å². The first-order valence-electron chi connectivity index (χ1n) is 11.1. The van der Waals surface area contributed by atoms with Crippen LogP contribution in [-0.2, 0) is 12.8 Å². The van der Waals surface area contributed by atoms with Crippen LogP contribution in [0.15, 0.2) is 46.8 Å². The molecule has 0 radical (unpaired) electrons. The standard InChI is InChI=1S/C27H28N2O2S2/c1-27(2,3)18-10-11-22-20(14-18)25(24-9-6-12-32-24)21(15-28)26(29-22)33-16-23(30)17-7-5-8-19(13-17)31-4/h5-9,12-13,18H,10-11,14,16H2,1-4H3/t18-/m0/s1. The number of hydrogen-bond acceptors (Lipinski definition) is 6. The van der Waals surface area contributed by atoms with E-state index in [9.17, 15) is 10.1 Å². The zero-order valence-corrected chi connectivity index (χ0v) is 21.1. The van der Waals surface area contributed by atoms with Crippen LogP contribution in [0.25, 0.3) is 10.4 Å². The van der Waals surface area contributed by atoms with Crippen LogP contribution in [0.5, 0.6) is 5.75 Å². The molecule has 1 atom stereocenters. The topological polar surface area (TPSA) is 63.0 Å². The van der Waals surface area contributed by atoms with Crippen molar-refractivity contribution in [1.29, 1.82) is 5.26 Å². The lowest BCUT2D eigenvalue weighted by atomic mass is 9.70. The largest absolute Gasteiger partial charge is 0.497 e. The molecule has 0 aliphatic heterocycles. The van der Waals surface area contributed by atoms with Crippen LogP contribution in [-0.4, -0.2) is 23.6 Å². The summed E-state index contributed by atoms with van der Waals surface area (Å²) in [5.74, 6) is 1.42. The van der Waals surface area contributed by atoms with Crippen molar-refractivity contribution in [3.8, 4) is 22.3 Å². The highest BCUT2D eigenvalue weighted by Gasteiger charge is 2.33. The van der Waals surface area contributed by atoms with Gasteiger partial charge in [0, 0.05) is 21.7 Å². The fraction of sp³-hybridized carbons (Fsp3) is 0.370. The summed E-state index contributed by atoms with van der Waals surface area (Å²) in [6.45, 7) is 6.88. The van der Waals surface area contributed by atoms with Gasteiger partial charge >= 0.3 is 0 Å². The second-order valence-electron chi connectivity index (χ2n) is 9.43. The summed E-state index contributed by atoms with van der Waals surface area (Å²) >= 11 is 3.01. The van der Waals surface area contributed by atoms with Gasteiger partial charge in [-0.3, -0.25) is 4.79 Å². The zero-order valence-electron chi connectivity index (χ0n) is 19.5. The normalized spacial score (nSPS) is 15.5. The number of rotatable bonds is 6. The molecule has 170 valence electrons. The van der Waals surface area contributed by atoms with Crippen LogP contribution in [0.3, 0.4) is 0 Å². The Morgan fingerprint density at radius 2 is 2.12 bits per heavy atom. The molecule has 0 unspecified atom stereocenters. The molecule has 33 heavy (non-hydrogen) atoms. The van der Waals surface area contributed by atoms with Crippen LogP contribution < -0.4 is 4.74 Å². The second-order valence-corrected chi connectivity index (χ2v) is 11.3. The summed E-state index contributed by atoms with van der Waals surface area (Å²) in [6, 6.07) is 13.7. The fourth-order valence-electron chi connectivity index (χ4n) is 4.39. The number of nitriles is 1. The summed E-state index contributed by atoms with van der Waals surface area (Å²) in [5, 5.41) is 12.9. The van der Waals surface area contributed by atoms with Crippen molar-refractivity contribution in [3.05, 3.63) is 64.2 Å². The van der Waals surface area contributed by atoms with Crippen LogP contribution in [0, 0.1) is 22.7 Å². The van der Waals surface area contributed by atoms with Crippen molar-refractivity contribution in [3.63, 3.8) is 0 Å². The van der Waals surface area contributed by atoms with E-state index in [1.807, 2.05) is 23.6 Å². The van der Waals surface area contributed by atoms with E-state index in [-0.39, 0.29) is 17.0 Å². The Labute approximate surface area is 204 Å². The maximum Gasteiger partial charge on any atom is 0.173 e. The number of ether oxygens (including phenoxy) is 1. The van der Waals surface area contributed by atoms with Gasteiger partial charge in [-0.2, -0.15) is 5.26 Å². The molecule has 2 heterocycles. The third-order valence-electron chi connectivity index (χ3n) is 6.37. The van der Waals surface area contributed by atoms with Gasteiger partial charge in [-0.05, 0) is 59.7 Å². The zero-order chi connectivity index (χ0) is 23.6. The lowest BCUT2D eigenvalue weighted by Gasteiger charge is -2.35. The highest BCUT2D eigenvalue weighted by Crippen LogP contribution is 2.44. The number of carbonyl (C=O) groups excluding carboxylic acids is 1. The van der Waals surface area contributed by atoms with Gasteiger partial charge in [0.25, 0.3) is 0 Å². The van der Waals surface area contributed by atoms with Gasteiger partial charge in [0.2, 0.25) is 0 Å². The van der Waals surface area contributed by atoms with Gasteiger partial charge in [0.05, 0.1) is 18.4 Å². The number of thiophene rings is 1. The van der Waals surface area contributed by atoms with E-state index in [0.717, 1.165) is 35.4 Å². The number of methoxy groups -OCH3 is 1. The molecule has 0 bridgehead atoms. The van der Waals surface area contributed by atoms with Gasteiger partial charge in [0.1, 0.15) is 16.8 Å². The molecule has 0 spiro atoms. The van der Waals surface area contributed by atoms with Crippen molar-refractivity contribution < 1.29 is 9.53 Å². The highest BCUT2D eigenvalue weighted by atomic mass is 32.2. The van der Waals surface area contributed by atoms with E-state index in [0.29, 0.717) is 27.8 Å². The first kappa shape index (κ1) is 23.5. The summed E-state index contributed by atoms with van der Waals surface area (Å²) in [4.78, 5) is 18.9. The molecule has 1 aromatic carbocycles. The molecule has 1 aliphatic carbocycles. The molecule has 4 nitrogen and oxygen atoms in total. The van der Waals surface area contributed by atoms with E-state index in [1.165, 1.54) is 17.3 Å². The third-order valence-corrected chi connectivity index (χ3v) is 8.23. The van der Waals surface area contributed by atoms with Crippen molar-refractivity contribution in [2.45, 2.75) is 45.1 Å². The summed E-state index contributed by atoms with van der Waals surface area (Å²) < 4.78 is 5.24. The Morgan fingerprint density at radius 3 is 2.79 bits per heavy atom. The molecule has 4 rings (SSSR count). The number of carbonyl (C=O) groups is 1. The number of fused-ring (bicyclic) bond motifs is 1. The number of ketones is 1. The SMILES string of the molecule is COc1cccc(C(=O)CSc2nc3c(c(-c4cccs4)c2C#N)C[C@@H](C(C)(C)C)CC3)c1. The van der Waals surface area contributed by atoms with Crippen molar-refractivity contribution in [2.75, 3.05) is 12.9 Å². The Kier molecular flexibility index (Phi) is 6.92. The molecule has 0 saturated carbocycles. The van der Waals surface area contributed by atoms with E-state index in [2.05, 4.69) is 32.9 Å². The summed E-state index contributed by atoms with van der Waals surface area (Å²) in [6.07, 6.45) is 2.92. The maximum atomic E-state index is 12.9. The number of nitrogens with zero attached hydrogens (tertiary/aromatic N) is 2. The van der Waals surface area contributed by atoms with Crippen molar-refractivity contribution >= 4 is 28.9 Å². The number of hydrogen-bond donors (Lipinski definition) is 0. The molecular formula is C27H28N2O2S2. The predicted octanol–water partition coefficient (Wildman–Crippen LogP) is 6.82. The predicted molar refractivity (Wildman–Crippen MR) is 135 cm³/mol.